The van der Waals surface area contributed by atoms with E-state index in [1.54, 1.807) is 35.4 Å². The summed E-state index contributed by atoms with van der Waals surface area (Å²) in [6.07, 6.45) is 3.15. The van der Waals surface area contributed by atoms with Crippen LogP contribution in [0.3, 0.4) is 0 Å². The summed E-state index contributed by atoms with van der Waals surface area (Å²) in [5, 5.41) is 2.93. The lowest BCUT2D eigenvalue weighted by molar-refractivity contribution is 0.0714. The van der Waals surface area contributed by atoms with E-state index in [1.807, 2.05) is 30.3 Å². The zero-order chi connectivity index (χ0) is 20.1. The van der Waals surface area contributed by atoms with Crippen LogP contribution in [0.5, 0.6) is 0 Å². The van der Waals surface area contributed by atoms with Crippen molar-refractivity contribution in [3.05, 3.63) is 83.9 Å². The van der Waals surface area contributed by atoms with E-state index in [-0.39, 0.29) is 11.8 Å². The van der Waals surface area contributed by atoms with Gasteiger partial charge in [0.15, 0.2) is 5.76 Å². The molecule has 4 rings (SSSR count). The van der Waals surface area contributed by atoms with Crippen LogP contribution in [-0.2, 0) is 6.54 Å². The molecule has 0 radical (unpaired) electrons. The van der Waals surface area contributed by atoms with E-state index in [0.29, 0.717) is 44.0 Å². The van der Waals surface area contributed by atoms with Gasteiger partial charge in [0, 0.05) is 44.5 Å². The molecule has 0 aliphatic carbocycles. The standard InChI is InChI=1S/C22H22N4O3/c27-21(24-16-17-5-2-1-3-6-17)18-8-9-23-20(15-18)25-10-12-26(13-11-25)22(28)19-7-4-14-29-19/h1-9,14-15H,10-13,16H2,(H,24,27). The molecular formula is C22H22N4O3. The van der Waals surface area contributed by atoms with Crippen LogP contribution < -0.4 is 10.2 Å². The first-order chi connectivity index (χ1) is 14.2. The predicted molar refractivity (Wildman–Crippen MR) is 109 cm³/mol. The van der Waals surface area contributed by atoms with Gasteiger partial charge in [-0.05, 0) is 29.8 Å². The number of amides is 2. The smallest absolute Gasteiger partial charge is 0.289 e. The molecule has 7 heteroatoms. The first kappa shape index (κ1) is 18.7. The van der Waals surface area contributed by atoms with Gasteiger partial charge in [-0.1, -0.05) is 30.3 Å². The average molecular weight is 390 g/mol. The van der Waals surface area contributed by atoms with Crippen molar-refractivity contribution in [3.63, 3.8) is 0 Å². The predicted octanol–water partition coefficient (Wildman–Crippen LogP) is 2.57. The number of carbonyl (C=O) groups excluding carboxylic acids is 2. The van der Waals surface area contributed by atoms with E-state index in [2.05, 4.69) is 15.2 Å². The largest absolute Gasteiger partial charge is 0.459 e. The molecule has 1 saturated heterocycles. The Morgan fingerprint density at radius 3 is 2.52 bits per heavy atom. The lowest BCUT2D eigenvalue weighted by Crippen LogP contribution is -2.49. The van der Waals surface area contributed by atoms with Crippen LogP contribution in [0.15, 0.2) is 71.5 Å². The molecule has 3 aromatic rings. The second kappa shape index (κ2) is 8.60. The van der Waals surface area contributed by atoms with Gasteiger partial charge >= 0.3 is 0 Å². The number of hydrogen-bond donors (Lipinski definition) is 1. The molecule has 1 fully saturated rings. The van der Waals surface area contributed by atoms with Crippen LogP contribution in [0.2, 0.25) is 0 Å². The van der Waals surface area contributed by atoms with Crippen molar-refractivity contribution in [2.45, 2.75) is 6.54 Å². The van der Waals surface area contributed by atoms with Crippen molar-refractivity contribution < 1.29 is 14.0 Å². The highest BCUT2D eigenvalue weighted by atomic mass is 16.3. The molecule has 0 unspecified atom stereocenters. The second-order valence-electron chi connectivity index (χ2n) is 6.83. The molecule has 29 heavy (non-hydrogen) atoms. The number of aromatic nitrogens is 1. The Kier molecular flexibility index (Phi) is 5.56. The first-order valence-corrected chi connectivity index (χ1v) is 9.56. The fourth-order valence-corrected chi connectivity index (χ4v) is 3.31. The topological polar surface area (TPSA) is 78.7 Å². The van der Waals surface area contributed by atoms with Gasteiger partial charge in [-0.3, -0.25) is 9.59 Å². The summed E-state index contributed by atoms with van der Waals surface area (Å²) < 4.78 is 5.20. The molecule has 1 N–H and O–H groups in total. The van der Waals surface area contributed by atoms with Crippen LogP contribution in [0.25, 0.3) is 0 Å². The van der Waals surface area contributed by atoms with E-state index in [9.17, 15) is 9.59 Å². The maximum atomic E-state index is 12.5. The van der Waals surface area contributed by atoms with E-state index >= 15 is 0 Å². The highest BCUT2D eigenvalue weighted by Gasteiger charge is 2.24. The zero-order valence-electron chi connectivity index (χ0n) is 16.0. The maximum absolute atomic E-state index is 12.5. The Labute approximate surface area is 169 Å². The first-order valence-electron chi connectivity index (χ1n) is 9.56. The SMILES string of the molecule is O=C(NCc1ccccc1)c1ccnc(N2CCN(C(=O)c3ccco3)CC2)c1. The van der Waals surface area contributed by atoms with E-state index in [1.165, 1.54) is 6.26 Å². The molecular weight excluding hydrogens is 368 g/mol. The number of piperazine rings is 1. The van der Waals surface area contributed by atoms with Crippen molar-refractivity contribution >= 4 is 17.6 Å². The highest BCUT2D eigenvalue weighted by Crippen LogP contribution is 2.17. The molecule has 1 aromatic carbocycles. The summed E-state index contributed by atoms with van der Waals surface area (Å²) >= 11 is 0. The van der Waals surface area contributed by atoms with Crippen molar-refractivity contribution in [1.82, 2.24) is 15.2 Å². The Balaban J connectivity index is 1.35. The van der Waals surface area contributed by atoms with E-state index in [0.717, 1.165) is 11.4 Å². The highest BCUT2D eigenvalue weighted by molar-refractivity contribution is 5.94. The molecule has 0 atom stereocenters. The average Bonchev–Trinajstić information content (AvgIpc) is 3.33. The fraction of sp³-hybridized carbons (Fsp3) is 0.227. The third kappa shape index (κ3) is 4.45. The van der Waals surface area contributed by atoms with Crippen molar-refractivity contribution in [2.24, 2.45) is 0 Å². The Bertz CT molecular complexity index is 965. The summed E-state index contributed by atoms with van der Waals surface area (Å²) in [6.45, 7) is 2.92. The number of pyridine rings is 1. The minimum absolute atomic E-state index is 0.100. The minimum atomic E-state index is -0.135. The van der Waals surface area contributed by atoms with Crippen LogP contribution in [0.1, 0.15) is 26.5 Å². The van der Waals surface area contributed by atoms with Crippen molar-refractivity contribution in [3.8, 4) is 0 Å². The molecule has 0 spiro atoms. The number of anilines is 1. The van der Waals surface area contributed by atoms with Gasteiger partial charge in [-0.2, -0.15) is 0 Å². The molecule has 3 heterocycles. The van der Waals surface area contributed by atoms with Crippen molar-refractivity contribution in [2.75, 3.05) is 31.1 Å². The van der Waals surface area contributed by atoms with Crippen LogP contribution in [-0.4, -0.2) is 47.9 Å². The number of nitrogens with zero attached hydrogens (tertiary/aromatic N) is 3. The number of nitrogens with one attached hydrogen (secondary N) is 1. The Hall–Kier alpha value is -3.61. The van der Waals surface area contributed by atoms with Gasteiger partial charge in [-0.15, -0.1) is 0 Å². The van der Waals surface area contributed by atoms with Crippen LogP contribution in [0, 0.1) is 0 Å². The minimum Gasteiger partial charge on any atom is -0.459 e. The summed E-state index contributed by atoms with van der Waals surface area (Å²) in [6, 6.07) is 16.7. The molecule has 2 aromatic heterocycles. The normalized spacial score (nSPS) is 13.9. The monoisotopic (exact) mass is 390 g/mol. The summed E-state index contributed by atoms with van der Waals surface area (Å²) in [4.78, 5) is 33.1. The zero-order valence-corrected chi connectivity index (χ0v) is 16.0. The van der Waals surface area contributed by atoms with Crippen LogP contribution >= 0.6 is 0 Å². The molecule has 1 aliphatic heterocycles. The summed E-state index contributed by atoms with van der Waals surface area (Å²) in [5.41, 5.74) is 1.62. The molecule has 0 bridgehead atoms. The lowest BCUT2D eigenvalue weighted by atomic mass is 10.2. The summed E-state index contributed by atoms with van der Waals surface area (Å²) in [5.74, 6) is 0.858. The van der Waals surface area contributed by atoms with Gasteiger partial charge in [0.25, 0.3) is 11.8 Å². The number of furan rings is 1. The number of carbonyl (C=O) groups is 2. The van der Waals surface area contributed by atoms with Gasteiger partial charge in [-0.25, -0.2) is 4.98 Å². The lowest BCUT2D eigenvalue weighted by Gasteiger charge is -2.35. The van der Waals surface area contributed by atoms with Gasteiger partial charge in [0.05, 0.1) is 6.26 Å². The third-order valence-corrected chi connectivity index (χ3v) is 4.93. The molecule has 0 saturated carbocycles. The van der Waals surface area contributed by atoms with E-state index in [4.69, 9.17) is 4.42 Å². The number of benzene rings is 1. The molecule has 1 aliphatic rings. The molecule has 148 valence electrons. The van der Waals surface area contributed by atoms with Gasteiger partial charge < -0.3 is 19.5 Å². The molecule has 7 nitrogen and oxygen atoms in total. The molecule has 2 amide bonds. The Morgan fingerprint density at radius 1 is 1.00 bits per heavy atom. The van der Waals surface area contributed by atoms with E-state index < -0.39 is 0 Å². The summed E-state index contributed by atoms with van der Waals surface area (Å²) in [7, 11) is 0. The van der Waals surface area contributed by atoms with Gasteiger partial charge in [0.1, 0.15) is 5.82 Å². The Morgan fingerprint density at radius 2 is 1.79 bits per heavy atom. The quantitative estimate of drug-likeness (QED) is 0.724. The second-order valence-corrected chi connectivity index (χ2v) is 6.83. The van der Waals surface area contributed by atoms with Gasteiger partial charge in [0.2, 0.25) is 0 Å². The van der Waals surface area contributed by atoms with Crippen molar-refractivity contribution in [1.29, 1.82) is 0 Å². The number of hydrogen-bond acceptors (Lipinski definition) is 5. The maximum Gasteiger partial charge on any atom is 0.289 e. The fourth-order valence-electron chi connectivity index (χ4n) is 3.31. The third-order valence-electron chi connectivity index (χ3n) is 4.93. The van der Waals surface area contributed by atoms with Crippen LogP contribution in [0.4, 0.5) is 5.82 Å². The number of rotatable bonds is 5.